The van der Waals surface area contributed by atoms with Gasteiger partial charge in [-0.1, -0.05) is 72.3 Å². The smallest absolute Gasteiger partial charge is 0.337 e. The van der Waals surface area contributed by atoms with Crippen molar-refractivity contribution >= 4 is 75.8 Å². The summed E-state index contributed by atoms with van der Waals surface area (Å²) in [6, 6.07) is 32.7. The summed E-state index contributed by atoms with van der Waals surface area (Å²) in [5, 5.41) is 19.0. The number of thiophene rings is 1. The molecule has 5 rings (SSSR count). The third-order valence-electron chi connectivity index (χ3n) is 6.51. The van der Waals surface area contributed by atoms with E-state index >= 15 is 0 Å². The number of carbonyl (C=O) groups is 4. The van der Waals surface area contributed by atoms with Gasteiger partial charge < -0.3 is 21.1 Å². The molecule has 3 amide bonds. The van der Waals surface area contributed by atoms with E-state index in [1.165, 1.54) is 41.3 Å². The third kappa shape index (κ3) is 8.51. The van der Waals surface area contributed by atoms with Crippen molar-refractivity contribution in [3.63, 3.8) is 0 Å². The minimum Gasteiger partial charge on any atom is -0.478 e. The standard InChI is InChI=1S/C35H26ClN3O5S2/c36-29-17-16-25(20-28(29)35(43)44)38-34(42)31(22-9-3-1-4-10-22)46-27-14-7-13-24(19-27)37-33(41)30(21-26-15-8-18-45-26)39-32(40)23-11-5-2-6-12-23/h1-21,31H,(H,37,41)(H,38,42)(H,39,40)(H,43,44)/b30-21-. The van der Waals surface area contributed by atoms with Crippen LogP contribution < -0.4 is 16.0 Å². The zero-order chi connectivity index (χ0) is 32.5. The van der Waals surface area contributed by atoms with Crippen molar-refractivity contribution in [2.45, 2.75) is 10.1 Å². The number of nitrogens with one attached hydrogen (secondary N) is 3. The first-order chi connectivity index (χ1) is 22.3. The number of amides is 3. The van der Waals surface area contributed by atoms with Crippen molar-refractivity contribution < 1.29 is 24.3 Å². The van der Waals surface area contributed by atoms with Gasteiger partial charge >= 0.3 is 5.97 Å². The Morgan fingerprint density at radius 2 is 1.50 bits per heavy atom. The summed E-state index contributed by atoms with van der Waals surface area (Å²) in [5.74, 6) is -2.53. The van der Waals surface area contributed by atoms with Gasteiger partial charge in [0.1, 0.15) is 10.9 Å². The van der Waals surface area contributed by atoms with Gasteiger partial charge in [-0.3, -0.25) is 14.4 Å². The SMILES string of the molecule is O=C(Nc1cccc(SC(C(=O)Nc2ccc(Cl)c(C(=O)O)c2)c2ccccc2)c1)/C(=C/c1cccs1)NC(=O)c1ccccc1. The number of thioether (sulfide) groups is 1. The van der Waals surface area contributed by atoms with E-state index < -0.39 is 23.0 Å². The van der Waals surface area contributed by atoms with E-state index in [1.54, 1.807) is 54.6 Å². The maximum Gasteiger partial charge on any atom is 0.337 e. The lowest BCUT2D eigenvalue weighted by Gasteiger charge is -2.18. The van der Waals surface area contributed by atoms with Crippen LogP contribution in [0.1, 0.15) is 36.4 Å². The lowest BCUT2D eigenvalue weighted by molar-refractivity contribution is -0.116. The van der Waals surface area contributed by atoms with E-state index in [2.05, 4.69) is 16.0 Å². The summed E-state index contributed by atoms with van der Waals surface area (Å²) < 4.78 is 0. The molecule has 8 nitrogen and oxygen atoms in total. The highest BCUT2D eigenvalue weighted by Crippen LogP contribution is 2.37. The highest BCUT2D eigenvalue weighted by atomic mass is 35.5. The van der Waals surface area contributed by atoms with Gasteiger partial charge in [0.2, 0.25) is 5.91 Å². The molecule has 4 aromatic carbocycles. The Kier molecular flexibility index (Phi) is 10.7. The summed E-state index contributed by atoms with van der Waals surface area (Å²) in [7, 11) is 0. The monoisotopic (exact) mass is 667 g/mol. The predicted molar refractivity (Wildman–Crippen MR) is 183 cm³/mol. The molecular formula is C35H26ClN3O5S2. The Morgan fingerprint density at radius 1 is 0.783 bits per heavy atom. The molecule has 1 aromatic heterocycles. The zero-order valence-corrected chi connectivity index (χ0v) is 26.4. The number of carboxylic acid groups (broad SMARTS) is 1. The molecule has 11 heteroatoms. The second kappa shape index (κ2) is 15.2. The average molecular weight is 668 g/mol. The Hall–Kier alpha value is -5.16. The Bertz CT molecular complexity index is 1900. The van der Waals surface area contributed by atoms with Gasteiger partial charge in [0, 0.05) is 26.7 Å². The number of rotatable bonds is 11. The predicted octanol–water partition coefficient (Wildman–Crippen LogP) is 7.98. The van der Waals surface area contributed by atoms with Gasteiger partial charge in [-0.2, -0.15) is 0 Å². The largest absolute Gasteiger partial charge is 0.478 e. The molecule has 0 radical (unpaired) electrons. The Labute approximate surface area is 278 Å². The summed E-state index contributed by atoms with van der Waals surface area (Å²) in [5.41, 5.74) is 1.82. The molecule has 1 heterocycles. The fourth-order valence-corrected chi connectivity index (χ4v) is 6.25. The average Bonchev–Trinajstić information content (AvgIpc) is 3.58. The van der Waals surface area contributed by atoms with Crippen LogP contribution in [0.25, 0.3) is 6.08 Å². The van der Waals surface area contributed by atoms with E-state index in [0.717, 1.165) is 10.4 Å². The van der Waals surface area contributed by atoms with Crippen LogP contribution in [0, 0.1) is 0 Å². The molecule has 0 saturated carbocycles. The normalized spacial score (nSPS) is 11.7. The van der Waals surface area contributed by atoms with E-state index in [0.29, 0.717) is 16.1 Å². The van der Waals surface area contributed by atoms with Crippen molar-refractivity contribution in [3.8, 4) is 0 Å². The first-order valence-corrected chi connectivity index (χ1v) is 16.0. The number of halogens is 1. The first kappa shape index (κ1) is 32.2. The molecule has 0 aliphatic heterocycles. The molecule has 0 aliphatic rings. The number of anilines is 2. The summed E-state index contributed by atoms with van der Waals surface area (Å²) in [4.78, 5) is 53.0. The molecule has 5 aromatic rings. The summed E-state index contributed by atoms with van der Waals surface area (Å²) >= 11 is 8.68. The highest BCUT2D eigenvalue weighted by Gasteiger charge is 2.23. The fourth-order valence-electron chi connectivity index (χ4n) is 4.32. The fraction of sp³-hybridized carbons (Fsp3) is 0.0286. The number of benzene rings is 4. The van der Waals surface area contributed by atoms with Crippen molar-refractivity contribution in [2.24, 2.45) is 0 Å². The minimum atomic E-state index is -1.21. The van der Waals surface area contributed by atoms with Gasteiger partial charge in [-0.15, -0.1) is 23.1 Å². The van der Waals surface area contributed by atoms with E-state index in [-0.39, 0.29) is 27.9 Å². The van der Waals surface area contributed by atoms with Crippen LogP contribution >= 0.6 is 34.7 Å². The van der Waals surface area contributed by atoms with Gasteiger partial charge in [0.25, 0.3) is 11.8 Å². The topological polar surface area (TPSA) is 125 Å². The van der Waals surface area contributed by atoms with Crippen molar-refractivity contribution in [2.75, 3.05) is 10.6 Å². The van der Waals surface area contributed by atoms with Gasteiger partial charge in [-0.05, 0) is 71.6 Å². The molecular weight excluding hydrogens is 642 g/mol. The maximum atomic E-state index is 13.6. The second-order valence-corrected chi connectivity index (χ2v) is 12.3. The van der Waals surface area contributed by atoms with Crippen LogP contribution in [0.3, 0.4) is 0 Å². The number of hydrogen-bond acceptors (Lipinski definition) is 6. The molecule has 0 aliphatic carbocycles. The van der Waals surface area contributed by atoms with Crippen LogP contribution in [0.2, 0.25) is 5.02 Å². The van der Waals surface area contributed by atoms with E-state index in [9.17, 15) is 24.3 Å². The number of hydrogen-bond donors (Lipinski definition) is 4. The highest BCUT2D eigenvalue weighted by molar-refractivity contribution is 8.00. The van der Waals surface area contributed by atoms with Crippen LogP contribution in [0.15, 0.2) is 131 Å². The molecule has 0 bridgehead atoms. The molecule has 230 valence electrons. The lowest BCUT2D eigenvalue weighted by atomic mass is 10.1. The molecule has 4 N–H and O–H groups in total. The van der Waals surface area contributed by atoms with Crippen molar-refractivity contribution in [3.05, 3.63) is 153 Å². The molecule has 0 spiro atoms. The summed E-state index contributed by atoms with van der Waals surface area (Å²) in [6.07, 6.45) is 1.61. The summed E-state index contributed by atoms with van der Waals surface area (Å²) in [6.45, 7) is 0. The van der Waals surface area contributed by atoms with Crippen LogP contribution in [0.4, 0.5) is 11.4 Å². The molecule has 1 unspecified atom stereocenters. The second-order valence-electron chi connectivity index (χ2n) is 9.77. The molecule has 1 atom stereocenters. The number of aromatic carboxylic acids is 1. The van der Waals surface area contributed by atoms with Gasteiger partial charge in [0.15, 0.2) is 0 Å². The van der Waals surface area contributed by atoms with E-state index in [1.807, 2.05) is 53.9 Å². The van der Waals surface area contributed by atoms with E-state index in [4.69, 9.17) is 11.6 Å². The Balaban J connectivity index is 1.36. The minimum absolute atomic E-state index is 0.0615. The van der Waals surface area contributed by atoms with Crippen molar-refractivity contribution in [1.29, 1.82) is 0 Å². The molecule has 0 saturated heterocycles. The number of carboxylic acids is 1. The van der Waals surface area contributed by atoms with Crippen LogP contribution in [0.5, 0.6) is 0 Å². The van der Waals surface area contributed by atoms with Crippen LogP contribution in [-0.4, -0.2) is 28.8 Å². The van der Waals surface area contributed by atoms with Crippen molar-refractivity contribution in [1.82, 2.24) is 5.32 Å². The molecule has 0 fully saturated rings. The van der Waals surface area contributed by atoms with Gasteiger partial charge in [-0.25, -0.2) is 4.79 Å². The number of carbonyl (C=O) groups excluding carboxylic acids is 3. The van der Waals surface area contributed by atoms with Gasteiger partial charge in [0.05, 0.1) is 10.6 Å². The Morgan fingerprint density at radius 3 is 2.20 bits per heavy atom. The first-order valence-electron chi connectivity index (χ1n) is 13.8. The zero-order valence-electron chi connectivity index (χ0n) is 24.0. The maximum absolute atomic E-state index is 13.6. The quantitative estimate of drug-likeness (QED) is 0.0836. The third-order valence-corrected chi connectivity index (χ3v) is 8.91. The molecule has 46 heavy (non-hydrogen) atoms. The van der Waals surface area contributed by atoms with Crippen LogP contribution in [-0.2, 0) is 9.59 Å². The lowest BCUT2D eigenvalue weighted by Crippen LogP contribution is -2.30.